The van der Waals surface area contributed by atoms with Gasteiger partial charge in [-0.15, -0.1) is 0 Å². The molecule has 0 radical (unpaired) electrons. The van der Waals surface area contributed by atoms with Crippen molar-refractivity contribution in [3.8, 4) is 11.8 Å². The summed E-state index contributed by atoms with van der Waals surface area (Å²) in [5.41, 5.74) is 2.26. The molecule has 0 spiro atoms. The minimum Gasteiger partial charge on any atom is -0.495 e. The maximum absolute atomic E-state index is 11.5. The number of anilines is 1. The standard InChI is InChI=1S/C13H16N2O3S/c1-18-12-7-6-10-9(8-14)4-3-5-11(10)13(12)15-19(2,16)17/h6-7,9,15H,3-5H2,1-2H3. The number of nitrogens with one attached hydrogen (secondary N) is 1. The zero-order valence-corrected chi connectivity index (χ0v) is 11.8. The second-order valence-electron chi connectivity index (χ2n) is 4.66. The number of methoxy groups -OCH3 is 1. The van der Waals surface area contributed by atoms with Gasteiger partial charge in [0, 0.05) is 0 Å². The monoisotopic (exact) mass is 280 g/mol. The topological polar surface area (TPSA) is 79.2 Å². The Morgan fingerprint density at radius 1 is 1.47 bits per heavy atom. The lowest BCUT2D eigenvalue weighted by Crippen LogP contribution is -2.16. The Kier molecular flexibility index (Phi) is 3.67. The van der Waals surface area contributed by atoms with Crippen molar-refractivity contribution in [1.82, 2.24) is 0 Å². The van der Waals surface area contributed by atoms with E-state index in [9.17, 15) is 8.42 Å². The number of nitriles is 1. The molecule has 0 bridgehead atoms. The number of fused-ring (bicyclic) bond motifs is 1. The smallest absolute Gasteiger partial charge is 0.229 e. The van der Waals surface area contributed by atoms with Gasteiger partial charge in [0.25, 0.3) is 0 Å². The molecule has 0 saturated carbocycles. The molecule has 1 aromatic rings. The van der Waals surface area contributed by atoms with Crippen molar-refractivity contribution in [1.29, 1.82) is 5.26 Å². The van der Waals surface area contributed by atoms with Crippen LogP contribution in [0.4, 0.5) is 5.69 Å². The second-order valence-corrected chi connectivity index (χ2v) is 6.41. The van der Waals surface area contributed by atoms with Crippen molar-refractivity contribution in [2.75, 3.05) is 18.1 Å². The SMILES string of the molecule is COc1ccc2c(c1NS(C)(=O)=O)CCCC2C#N. The number of rotatable bonds is 3. The summed E-state index contributed by atoms with van der Waals surface area (Å²) in [7, 11) is -1.88. The third-order valence-electron chi connectivity index (χ3n) is 3.27. The fourth-order valence-electron chi connectivity index (χ4n) is 2.48. The average Bonchev–Trinajstić information content (AvgIpc) is 2.36. The molecule has 5 nitrogen and oxygen atoms in total. The van der Waals surface area contributed by atoms with Crippen molar-refractivity contribution in [3.05, 3.63) is 23.3 Å². The molecule has 0 amide bonds. The van der Waals surface area contributed by atoms with Gasteiger partial charge < -0.3 is 4.74 Å². The lowest BCUT2D eigenvalue weighted by Gasteiger charge is -2.24. The summed E-state index contributed by atoms with van der Waals surface area (Å²) in [6.07, 6.45) is 3.55. The highest BCUT2D eigenvalue weighted by atomic mass is 32.2. The van der Waals surface area contributed by atoms with Crippen LogP contribution in [0.3, 0.4) is 0 Å². The number of nitrogens with zero attached hydrogens (tertiary/aromatic N) is 1. The molecule has 1 aromatic carbocycles. The zero-order valence-electron chi connectivity index (χ0n) is 10.9. The van der Waals surface area contributed by atoms with Gasteiger partial charge >= 0.3 is 0 Å². The van der Waals surface area contributed by atoms with E-state index in [1.165, 1.54) is 7.11 Å². The van der Waals surface area contributed by atoms with Crippen molar-refractivity contribution in [2.45, 2.75) is 25.2 Å². The molecule has 6 heteroatoms. The lowest BCUT2D eigenvalue weighted by atomic mass is 9.83. The van der Waals surface area contributed by atoms with E-state index in [1.54, 1.807) is 6.07 Å². The molecule has 2 rings (SSSR count). The van der Waals surface area contributed by atoms with Crippen molar-refractivity contribution >= 4 is 15.7 Å². The van der Waals surface area contributed by atoms with E-state index in [4.69, 9.17) is 10.00 Å². The molecule has 1 aliphatic carbocycles. The first kappa shape index (κ1) is 13.7. The van der Waals surface area contributed by atoms with Crippen molar-refractivity contribution < 1.29 is 13.2 Å². The van der Waals surface area contributed by atoms with Crippen LogP contribution < -0.4 is 9.46 Å². The molecule has 1 atom stereocenters. The molecule has 0 aliphatic heterocycles. The van der Waals surface area contributed by atoms with Crippen LogP contribution in [0.5, 0.6) is 5.75 Å². The largest absolute Gasteiger partial charge is 0.495 e. The van der Waals surface area contributed by atoms with Crippen molar-refractivity contribution in [2.24, 2.45) is 0 Å². The van der Waals surface area contributed by atoms with E-state index >= 15 is 0 Å². The number of hydrogen-bond donors (Lipinski definition) is 1. The Morgan fingerprint density at radius 2 is 2.21 bits per heavy atom. The van der Waals surface area contributed by atoms with Crippen molar-refractivity contribution in [3.63, 3.8) is 0 Å². The zero-order chi connectivity index (χ0) is 14.0. The highest BCUT2D eigenvalue weighted by Gasteiger charge is 2.25. The Labute approximate surface area is 113 Å². The van der Waals surface area contributed by atoms with Gasteiger partial charge in [0.05, 0.1) is 31.0 Å². The van der Waals surface area contributed by atoms with Gasteiger partial charge in [-0.25, -0.2) is 8.42 Å². The summed E-state index contributed by atoms with van der Waals surface area (Å²) in [6.45, 7) is 0. The van der Waals surface area contributed by atoms with Crippen LogP contribution in [-0.4, -0.2) is 21.8 Å². The van der Waals surface area contributed by atoms with Gasteiger partial charge in [0.1, 0.15) is 5.75 Å². The van der Waals surface area contributed by atoms with Crippen LogP contribution >= 0.6 is 0 Å². The summed E-state index contributed by atoms with van der Waals surface area (Å²) in [4.78, 5) is 0. The molecule has 0 fully saturated rings. The molecule has 1 aliphatic rings. The highest BCUT2D eigenvalue weighted by Crippen LogP contribution is 2.40. The van der Waals surface area contributed by atoms with Crippen LogP contribution in [0.2, 0.25) is 0 Å². The molecule has 0 aromatic heterocycles. The van der Waals surface area contributed by atoms with E-state index in [1.807, 2.05) is 6.07 Å². The van der Waals surface area contributed by atoms with Crippen LogP contribution in [0.25, 0.3) is 0 Å². The van der Waals surface area contributed by atoms with Crippen LogP contribution in [0.15, 0.2) is 12.1 Å². The Bertz CT molecular complexity index is 632. The van der Waals surface area contributed by atoms with Gasteiger partial charge in [-0.1, -0.05) is 6.07 Å². The first-order valence-electron chi connectivity index (χ1n) is 6.03. The normalized spacial score (nSPS) is 18.3. The van der Waals surface area contributed by atoms with E-state index < -0.39 is 10.0 Å². The van der Waals surface area contributed by atoms with Gasteiger partial charge in [-0.05, 0) is 36.5 Å². The maximum atomic E-state index is 11.5. The first-order valence-corrected chi connectivity index (χ1v) is 7.92. The fourth-order valence-corrected chi connectivity index (χ4v) is 3.07. The van der Waals surface area contributed by atoms with Crippen LogP contribution in [0.1, 0.15) is 29.9 Å². The minimum absolute atomic E-state index is 0.172. The third kappa shape index (κ3) is 2.82. The minimum atomic E-state index is -3.38. The van der Waals surface area contributed by atoms with Gasteiger partial charge in [0.2, 0.25) is 10.0 Å². The van der Waals surface area contributed by atoms with Gasteiger partial charge in [-0.3, -0.25) is 4.72 Å². The molecule has 0 saturated heterocycles. The van der Waals surface area contributed by atoms with Crippen LogP contribution in [-0.2, 0) is 16.4 Å². The Hall–Kier alpha value is -1.74. The summed E-state index contributed by atoms with van der Waals surface area (Å²) < 4.78 is 30.7. The summed E-state index contributed by atoms with van der Waals surface area (Å²) in [5, 5.41) is 9.17. The van der Waals surface area contributed by atoms with Crippen LogP contribution in [0, 0.1) is 11.3 Å². The predicted octanol–water partition coefficient (Wildman–Crippen LogP) is 2.01. The summed E-state index contributed by atoms with van der Waals surface area (Å²) in [5.74, 6) is 0.317. The quantitative estimate of drug-likeness (QED) is 0.918. The highest BCUT2D eigenvalue weighted by molar-refractivity contribution is 7.92. The van der Waals surface area contributed by atoms with E-state index in [0.717, 1.165) is 36.6 Å². The Balaban J connectivity index is 2.59. The maximum Gasteiger partial charge on any atom is 0.229 e. The third-order valence-corrected chi connectivity index (χ3v) is 3.84. The van der Waals surface area contributed by atoms with Gasteiger partial charge in [-0.2, -0.15) is 5.26 Å². The number of benzene rings is 1. The molecule has 0 heterocycles. The predicted molar refractivity (Wildman–Crippen MR) is 72.8 cm³/mol. The molecular weight excluding hydrogens is 264 g/mol. The second kappa shape index (κ2) is 5.10. The molecule has 1 N–H and O–H groups in total. The molecular formula is C13H16N2O3S. The summed E-state index contributed by atoms with van der Waals surface area (Å²) in [6, 6.07) is 5.84. The first-order chi connectivity index (χ1) is 8.96. The summed E-state index contributed by atoms with van der Waals surface area (Å²) >= 11 is 0. The molecule has 19 heavy (non-hydrogen) atoms. The number of sulfonamides is 1. The van der Waals surface area contributed by atoms with E-state index in [-0.39, 0.29) is 5.92 Å². The molecule has 1 unspecified atom stereocenters. The lowest BCUT2D eigenvalue weighted by molar-refractivity contribution is 0.415. The molecule has 102 valence electrons. The number of hydrogen-bond acceptors (Lipinski definition) is 4. The fraction of sp³-hybridized carbons (Fsp3) is 0.462. The Morgan fingerprint density at radius 3 is 2.79 bits per heavy atom. The number of ether oxygens (including phenoxy) is 1. The average molecular weight is 280 g/mol. The van der Waals surface area contributed by atoms with E-state index in [2.05, 4.69) is 10.8 Å². The van der Waals surface area contributed by atoms with E-state index in [0.29, 0.717) is 11.4 Å². The van der Waals surface area contributed by atoms with Gasteiger partial charge in [0.15, 0.2) is 0 Å².